The van der Waals surface area contributed by atoms with E-state index in [2.05, 4.69) is 10.3 Å². The lowest BCUT2D eigenvalue weighted by Gasteiger charge is -2.02. The Labute approximate surface area is 61.7 Å². The minimum absolute atomic E-state index is 0.754. The van der Waals surface area contributed by atoms with E-state index in [-0.39, 0.29) is 0 Å². The highest BCUT2D eigenvalue weighted by atomic mass is 16.6. The van der Waals surface area contributed by atoms with Crippen molar-refractivity contribution in [3.8, 4) is 0 Å². The molecule has 0 bridgehead atoms. The maximum Gasteiger partial charge on any atom is 0.0614 e. The van der Waals surface area contributed by atoms with Gasteiger partial charge in [0.25, 0.3) is 0 Å². The lowest BCUT2D eigenvalue weighted by atomic mass is 10.5. The number of hydrogen-bond donors (Lipinski definition) is 1. The lowest BCUT2D eigenvalue weighted by molar-refractivity contribution is 0.0527. The molecule has 0 aromatic carbocycles. The van der Waals surface area contributed by atoms with Crippen molar-refractivity contribution in [2.45, 2.75) is 12.8 Å². The van der Waals surface area contributed by atoms with Gasteiger partial charge in [0.15, 0.2) is 0 Å². The Balaban J connectivity index is 1.68. The topological polar surface area (TPSA) is 30.5 Å². The fraction of sp³-hybridized carbons (Fsp3) is 1.00. The third-order valence-corrected chi connectivity index (χ3v) is 1.54. The van der Waals surface area contributed by atoms with Crippen molar-refractivity contribution in [3.63, 3.8) is 0 Å². The number of nitrogens with one attached hydrogen (secondary N) is 1. The summed E-state index contributed by atoms with van der Waals surface area (Å²) in [5, 5.41) is 0. The molecule has 1 saturated carbocycles. The minimum Gasteiger partial charge on any atom is -0.380 e. The Morgan fingerprint density at radius 3 is 2.90 bits per heavy atom. The molecule has 0 radical (unpaired) electrons. The second-order valence-corrected chi connectivity index (χ2v) is 2.62. The van der Waals surface area contributed by atoms with Gasteiger partial charge in [-0.25, -0.2) is 5.48 Å². The highest BCUT2D eigenvalue weighted by Gasteiger charge is 2.20. The molecule has 1 N–H and O–H groups in total. The lowest BCUT2D eigenvalue weighted by Crippen LogP contribution is -2.18. The molecule has 1 aliphatic rings. The van der Waals surface area contributed by atoms with E-state index in [1.807, 2.05) is 0 Å². The third kappa shape index (κ3) is 3.82. The number of hydrogen-bond acceptors (Lipinski definition) is 3. The molecule has 1 rings (SSSR count). The first kappa shape index (κ1) is 7.98. The van der Waals surface area contributed by atoms with Gasteiger partial charge < -0.3 is 9.57 Å². The van der Waals surface area contributed by atoms with Crippen LogP contribution in [-0.4, -0.2) is 26.9 Å². The van der Waals surface area contributed by atoms with E-state index in [4.69, 9.17) is 4.74 Å². The molecule has 0 heterocycles. The summed E-state index contributed by atoms with van der Waals surface area (Å²) in [6, 6.07) is 0. The molecule has 60 valence electrons. The molecule has 1 fully saturated rings. The molecule has 0 amide bonds. The first-order valence-electron chi connectivity index (χ1n) is 3.77. The van der Waals surface area contributed by atoms with Crippen LogP contribution in [0.2, 0.25) is 0 Å². The molecule has 3 heteroatoms. The largest absolute Gasteiger partial charge is 0.380 e. The van der Waals surface area contributed by atoms with Crippen molar-refractivity contribution in [2.75, 3.05) is 26.9 Å². The average Bonchev–Trinajstić information content (AvgIpc) is 2.71. The molecule has 0 aromatic rings. The van der Waals surface area contributed by atoms with E-state index in [0.717, 1.165) is 25.7 Å². The molecule has 10 heavy (non-hydrogen) atoms. The van der Waals surface area contributed by atoms with Gasteiger partial charge in [-0.1, -0.05) is 0 Å². The van der Waals surface area contributed by atoms with Crippen LogP contribution in [0.15, 0.2) is 0 Å². The molecule has 0 saturated heterocycles. The summed E-state index contributed by atoms with van der Waals surface area (Å²) in [6.45, 7) is 2.47. The minimum atomic E-state index is 0.754. The highest BCUT2D eigenvalue weighted by molar-refractivity contribution is 4.71. The summed E-state index contributed by atoms with van der Waals surface area (Å²) in [5.41, 5.74) is 2.72. The monoisotopic (exact) mass is 145 g/mol. The Bertz CT molecular complexity index is 83.7. The van der Waals surface area contributed by atoms with E-state index in [1.54, 1.807) is 7.11 Å². The first-order valence-corrected chi connectivity index (χ1v) is 3.77. The summed E-state index contributed by atoms with van der Waals surface area (Å²) in [5.74, 6) is 0.863. The Hall–Kier alpha value is -0.120. The molecule has 1 aliphatic carbocycles. The number of ether oxygens (including phenoxy) is 1. The molecular weight excluding hydrogens is 130 g/mol. The van der Waals surface area contributed by atoms with E-state index >= 15 is 0 Å². The molecular formula is C7H15NO2. The summed E-state index contributed by atoms with van der Waals surface area (Å²) < 4.78 is 5.32. The Kier molecular flexibility index (Phi) is 3.72. The zero-order valence-corrected chi connectivity index (χ0v) is 6.43. The molecule has 0 spiro atoms. The average molecular weight is 145 g/mol. The van der Waals surface area contributed by atoms with Gasteiger partial charge in [-0.3, -0.25) is 0 Å². The smallest absolute Gasteiger partial charge is 0.0614 e. The normalized spacial score (nSPS) is 17.7. The number of hydroxylamine groups is 1. The second kappa shape index (κ2) is 4.66. The highest BCUT2D eigenvalue weighted by Crippen LogP contribution is 2.28. The Morgan fingerprint density at radius 1 is 1.50 bits per heavy atom. The van der Waals surface area contributed by atoms with Crippen molar-refractivity contribution in [1.82, 2.24) is 5.48 Å². The molecule has 3 nitrogen and oxygen atoms in total. The standard InChI is InChI=1S/C7H15NO2/c1-9-8-4-5-10-6-7-2-3-7/h7-8H,2-6H2,1H3. The fourth-order valence-corrected chi connectivity index (χ4v) is 0.750. The van der Waals surface area contributed by atoms with E-state index in [1.165, 1.54) is 12.8 Å². The van der Waals surface area contributed by atoms with Gasteiger partial charge >= 0.3 is 0 Å². The fourth-order valence-electron chi connectivity index (χ4n) is 0.750. The van der Waals surface area contributed by atoms with Crippen LogP contribution >= 0.6 is 0 Å². The maximum atomic E-state index is 5.32. The molecule has 0 unspecified atom stereocenters. The summed E-state index contributed by atoms with van der Waals surface area (Å²) in [4.78, 5) is 4.63. The van der Waals surface area contributed by atoms with Crippen molar-refractivity contribution in [1.29, 1.82) is 0 Å². The zero-order valence-electron chi connectivity index (χ0n) is 6.43. The van der Waals surface area contributed by atoms with Crippen LogP contribution in [0.25, 0.3) is 0 Å². The van der Waals surface area contributed by atoms with E-state index in [0.29, 0.717) is 0 Å². The Morgan fingerprint density at radius 2 is 2.30 bits per heavy atom. The third-order valence-electron chi connectivity index (χ3n) is 1.54. The summed E-state index contributed by atoms with van der Waals surface area (Å²) in [7, 11) is 1.61. The van der Waals surface area contributed by atoms with Crippen molar-refractivity contribution >= 4 is 0 Å². The van der Waals surface area contributed by atoms with Gasteiger partial charge in [0.2, 0.25) is 0 Å². The molecule has 0 aliphatic heterocycles. The predicted molar refractivity (Wildman–Crippen MR) is 38.6 cm³/mol. The van der Waals surface area contributed by atoms with Gasteiger partial charge in [-0.2, -0.15) is 0 Å². The van der Waals surface area contributed by atoms with E-state index in [9.17, 15) is 0 Å². The first-order chi connectivity index (χ1) is 4.93. The van der Waals surface area contributed by atoms with Crippen molar-refractivity contribution in [2.24, 2.45) is 5.92 Å². The van der Waals surface area contributed by atoms with Crippen LogP contribution in [0.5, 0.6) is 0 Å². The predicted octanol–water partition coefficient (Wildman–Crippen LogP) is 0.564. The van der Waals surface area contributed by atoms with Gasteiger partial charge in [-0.05, 0) is 18.8 Å². The van der Waals surface area contributed by atoms with Crippen LogP contribution in [0, 0.1) is 5.92 Å². The molecule has 0 aromatic heterocycles. The van der Waals surface area contributed by atoms with Crippen LogP contribution in [0.3, 0.4) is 0 Å². The van der Waals surface area contributed by atoms with Crippen LogP contribution in [-0.2, 0) is 9.57 Å². The van der Waals surface area contributed by atoms with Gasteiger partial charge in [-0.15, -0.1) is 0 Å². The van der Waals surface area contributed by atoms with Gasteiger partial charge in [0, 0.05) is 13.2 Å². The number of rotatable bonds is 6. The molecule has 0 atom stereocenters. The van der Waals surface area contributed by atoms with E-state index < -0.39 is 0 Å². The van der Waals surface area contributed by atoms with Gasteiger partial charge in [0.05, 0.1) is 13.7 Å². The summed E-state index contributed by atoms with van der Waals surface area (Å²) >= 11 is 0. The maximum absolute atomic E-state index is 5.32. The van der Waals surface area contributed by atoms with Gasteiger partial charge in [0.1, 0.15) is 0 Å². The second-order valence-electron chi connectivity index (χ2n) is 2.62. The van der Waals surface area contributed by atoms with Crippen LogP contribution in [0.4, 0.5) is 0 Å². The van der Waals surface area contributed by atoms with Crippen molar-refractivity contribution < 1.29 is 9.57 Å². The SMILES string of the molecule is CONCCOCC1CC1. The van der Waals surface area contributed by atoms with Crippen molar-refractivity contribution in [3.05, 3.63) is 0 Å². The zero-order chi connectivity index (χ0) is 7.23. The van der Waals surface area contributed by atoms with Crippen LogP contribution in [0.1, 0.15) is 12.8 Å². The summed E-state index contributed by atoms with van der Waals surface area (Å²) in [6.07, 6.45) is 2.72. The van der Waals surface area contributed by atoms with Crippen LogP contribution < -0.4 is 5.48 Å². The quantitative estimate of drug-likeness (QED) is 0.437.